The largest absolute Gasteiger partial charge is 0.497 e. The second-order valence-electron chi connectivity index (χ2n) is 5.22. The number of benzene rings is 1. The SMILES string of the molecule is CCCCC/C=C\C[C@@H](/C=C/I)OCc1ccc(OC)cc1. The highest BCUT2D eigenvalue weighted by Crippen LogP contribution is 2.14. The summed E-state index contributed by atoms with van der Waals surface area (Å²) in [5, 5.41) is 0. The molecule has 0 fully saturated rings. The van der Waals surface area contributed by atoms with Crippen molar-refractivity contribution in [2.45, 2.75) is 51.7 Å². The van der Waals surface area contributed by atoms with E-state index in [1.165, 1.54) is 31.2 Å². The summed E-state index contributed by atoms with van der Waals surface area (Å²) < 4.78 is 13.2. The van der Waals surface area contributed by atoms with E-state index < -0.39 is 0 Å². The molecule has 1 atom stereocenters. The lowest BCUT2D eigenvalue weighted by molar-refractivity contribution is 0.0741. The Labute approximate surface area is 148 Å². The Morgan fingerprint density at radius 2 is 1.91 bits per heavy atom. The van der Waals surface area contributed by atoms with Crippen molar-refractivity contribution in [2.75, 3.05) is 7.11 Å². The van der Waals surface area contributed by atoms with Crippen LogP contribution in [0.4, 0.5) is 0 Å². The highest BCUT2D eigenvalue weighted by atomic mass is 127. The first-order valence-electron chi connectivity index (χ1n) is 7.96. The molecule has 122 valence electrons. The standard InChI is InChI=1S/C19H27IO2/c1-3-4-5-6-7-8-9-19(14-15-20)22-16-17-10-12-18(21-2)13-11-17/h7-8,10-15,19H,3-6,9,16H2,1-2H3/b8-7-,15-14+/t19-/m0/s1. The van der Waals surface area contributed by atoms with Crippen LogP contribution in [-0.2, 0) is 11.3 Å². The van der Waals surface area contributed by atoms with Crippen molar-refractivity contribution in [1.29, 1.82) is 0 Å². The first-order chi connectivity index (χ1) is 10.8. The van der Waals surface area contributed by atoms with Crippen LogP contribution < -0.4 is 4.74 Å². The van der Waals surface area contributed by atoms with Gasteiger partial charge in [-0.15, -0.1) is 0 Å². The molecule has 1 aromatic carbocycles. The van der Waals surface area contributed by atoms with Gasteiger partial charge in [0.2, 0.25) is 0 Å². The van der Waals surface area contributed by atoms with E-state index in [2.05, 4.69) is 47.7 Å². The zero-order valence-electron chi connectivity index (χ0n) is 13.6. The van der Waals surface area contributed by atoms with Gasteiger partial charge in [-0.2, -0.15) is 0 Å². The maximum absolute atomic E-state index is 5.99. The zero-order chi connectivity index (χ0) is 16.0. The average molecular weight is 414 g/mol. The van der Waals surface area contributed by atoms with Gasteiger partial charge in [-0.1, -0.05) is 66.6 Å². The van der Waals surface area contributed by atoms with Crippen LogP contribution in [0.2, 0.25) is 0 Å². The fraction of sp³-hybridized carbons (Fsp3) is 0.474. The number of methoxy groups -OCH3 is 1. The maximum atomic E-state index is 5.99. The summed E-state index contributed by atoms with van der Waals surface area (Å²) in [4.78, 5) is 0. The lowest BCUT2D eigenvalue weighted by Gasteiger charge is -2.12. The molecule has 1 rings (SSSR count). The molecule has 1 aromatic rings. The molecule has 0 spiro atoms. The molecule has 0 aromatic heterocycles. The summed E-state index contributed by atoms with van der Waals surface area (Å²) in [5.74, 6) is 0.877. The third-order valence-electron chi connectivity index (χ3n) is 3.42. The number of hydrogen-bond donors (Lipinski definition) is 0. The van der Waals surface area contributed by atoms with Crippen molar-refractivity contribution in [3.63, 3.8) is 0 Å². The number of halogens is 1. The minimum absolute atomic E-state index is 0.140. The predicted octanol–water partition coefficient (Wildman–Crippen LogP) is 6.06. The summed E-state index contributed by atoms with van der Waals surface area (Å²) in [6, 6.07) is 8.03. The molecule has 0 unspecified atom stereocenters. The first kappa shape index (κ1) is 19.2. The van der Waals surface area contributed by atoms with Crippen LogP contribution in [0.5, 0.6) is 5.75 Å². The quantitative estimate of drug-likeness (QED) is 0.249. The molecule has 0 heterocycles. The summed E-state index contributed by atoms with van der Waals surface area (Å²) in [7, 11) is 1.68. The Kier molecular flexibility index (Phi) is 11.1. The molecule has 0 saturated carbocycles. The Balaban J connectivity index is 2.36. The van der Waals surface area contributed by atoms with Gasteiger partial charge in [0, 0.05) is 0 Å². The number of allylic oxidation sites excluding steroid dienone is 1. The maximum Gasteiger partial charge on any atom is 0.118 e. The van der Waals surface area contributed by atoms with Crippen LogP contribution in [0.3, 0.4) is 0 Å². The van der Waals surface area contributed by atoms with E-state index >= 15 is 0 Å². The third kappa shape index (κ3) is 8.59. The van der Waals surface area contributed by atoms with E-state index in [1.807, 2.05) is 28.3 Å². The van der Waals surface area contributed by atoms with E-state index in [1.54, 1.807) is 7.11 Å². The van der Waals surface area contributed by atoms with Gasteiger partial charge in [0.25, 0.3) is 0 Å². The molecule has 0 saturated heterocycles. The molecule has 0 radical (unpaired) electrons. The molecule has 2 nitrogen and oxygen atoms in total. The van der Waals surface area contributed by atoms with E-state index in [0.717, 1.165) is 12.2 Å². The van der Waals surface area contributed by atoms with E-state index in [9.17, 15) is 0 Å². The molecule has 22 heavy (non-hydrogen) atoms. The van der Waals surface area contributed by atoms with Crippen molar-refractivity contribution in [3.05, 3.63) is 52.1 Å². The van der Waals surface area contributed by atoms with E-state index in [-0.39, 0.29) is 6.10 Å². The number of unbranched alkanes of at least 4 members (excludes halogenated alkanes) is 3. The van der Waals surface area contributed by atoms with Crippen LogP contribution >= 0.6 is 22.6 Å². The molecule has 0 aliphatic carbocycles. The van der Waals surface area contributed by atoms with Crippen molar-refractivity contribution in [2.24, 2.45) is 0 Å². The Bertz CT molecular complexity index is 437. The molecular weight excluding hydrogens is 387 g/mol. The van der Waals surface area contributed by atoms with Gasteiger partial charge in [-0.05, 0) is 47.1 Å². The minimum atomic E-state index is 0.140. The van der Waals surface area contributed by atoms with Crippen LogP contribution in [0.1, 0.15) is 44.6 Å². The number of hydrogen-bond acceptors (Lipinski definition) is 2. The van der Waals surface area contributed by atoms with Crippen LogP contribution in [0.25, 0.3) is 0 Å². The molecule has 0 bridgehead atoms. The zero-order valence-corrected chi connectivity index (χ0v) is 15.8. The molecule has 0 amide bonds. The minimum Gasteiger partial charge on any atom is -0.497 e. The second-order valence-corrected chi connectivity index (χ2v) is 5.94. The van der Waals surface area contributed by atoms with Gasteiger partial charge >= 0.3 is 0 Å². The normalized spacial score (nSPS) is 13.0. The molecule has 0 aliphatic rings. The van der Waals surface area contributed by atoms with Crippen molar-refractivity contribution >= 4 is 22.6 Å². The summed E-state index contributed by atoms with van der Waals surface area (Å²) in [6.45, 7) is 2.86. The molecular formula is C19H27IO2. The van der Waals surface area contributed by atoms with Crippen molar-refractivity contribution in [1.82, 2.24) is 0 Å². The number of ether oxygens (including phenoxy) is 2. The van der Waals surface area contributed by atoms with Crippen molar-refractivity contribution < 1.29 is 9.47 Å². The monoisotopic (exact) mass is 414 g/mol. The smallest absolute Gasteiger partial charge is 0.118 e. The van der Waals surface area contributed by atoms with Crippen molar-refractivity contribution in [3.8, 4) is 5.75 Å². The van der Waals surface area contributed by atoms with Crippen LogP contribution in [-0.4, -0.2) is 13.2 Å². The topological polar surface area (TPSA) is 18.5 Å². The van der Waals surface area contributed by atoms with Gasteiger partial charge in [-0.25, -0.2) is 0 Å². The highest BCUT2D eigenvalue weighted by molar-refractivity contribution is 14.1. The molecule has 3 heteroatoms. The fourth-order valence-corrected chi connectivity index (χ4v) is 2.53. The first-order valence-corrected chi connectivity index (χ1v) is 9.21. The lowest BCUT2D eigenvalue weighted by Crippen LogP contribution is -2.08. The summed E-state index contributed by atoms with van der Waals surface area (Å²) in [6.07, 6.45) is 12.8. The third-order valence-corrected chi connectivity index (χ3v) is 3.84. The van der Waals surface area contributed by atoms with Crippen LogP contribution in [0.15, 0.2) is 46.6 Å². The van der Waals surface area contributed by atoms with Gasteiger partial charge in [-0.3, -0.25) is 0 Å². The molecule has 0 N–H and O–H groups in total. The van der Waals surface area contributed by atoms with Gasteiger partial charge < -0.3 is 9.47 Å². The fourth-order valence-electron chi connectivity index (χ4n) is 2.07. The van der Waals surface area contributed by atoms with E-state index in [0.29, 0.717) is 6.61 Å². The second kappa shape index (κ2) is 12.7. The Morgan fingerprint density at radius 1 is 1.14 bits per heavy atom. The Hall–Kier alpha value is -0.810. The summed E-state index contributed by atoms with van der Waals surface area (Å²) >= 11 is 2.24. The van der Waals surface area contributed by atoms with Gasteiger partial charge in [0.05, 0.1) is 19.8 Å². The van der Waals surface area contributed by atoms with Crippen LogP contribution in [0, 0.1) is 0 Å². The lowest BCUT2D eigenvalue weighted by atomic mass is 10.1. The van der Waals surface area contributed by atoms with Gasteiger partial charge in [0.1, 0.15) is 5.75 Å². The van der Waals surface area contributed by atoms with Gasteiger partial charge in [0.15, 0.2) is 0 Å². The Morgan fingerprint density at radius 3 is 2.55 bits per heavy atom. The number of rotatable bonds is 11. The summed E-state index contributed by atoms with van der Waals surface area (Å²) in [5.41, 5.74) is 1.17. The highest BCUT2D eigenvalue weighted by Gasteiger charge is 2.03. The average Bonchev–Trinajstić information content (AvgIpc) is 2.56. The molecule has 0 aliphatic heterocycles. The predicted molar refractivity (Wildman–Crippen MR) is 103 cm³/mol. The van der Waals surface area contributed by atoms with E-state index in [4.69, 9.17) is 9.47 Å².